The summed E-state index contributed by atoms with van der Waals surface area (Å²) < 4.78 is 34.8. The van der Waals surface area contributed by atoms with E-state index in [1.165, 1.54) is 17.0 Å². The number of hydrogen-bond donors (Lipinski definition) is 1. The number of rotatable bonds is 14. The van der Waals surface area contributed by atoms with Gasteiger partial charge in [0, 0.05) is 29.1 Å². The summed E-state index contributed by atoms with van der Waals surface area (Å²) >= 11 is 12.7. The molecular weight excluding hydrogens is 645 g/mol. The van der Waals surface area contributed by atoms with Crippen LogP contribution in [0.3, 0.4) is 0 Å². The number of halogens is 2. The summed E-state index contributed by atoms with van der Waals surface area (Å²) in [6.07, 6.45) is 0.185. The summed E-state index contributed by atoms with van der Waals surface area (Å²) in [5.41, 5.74) is 1.64. The molecule has 0 spiro atoms. The molecule has 242 valence electrons. The van der Waals surface area contributed by atoms with Gasteiger partial charge in [0.2, 0.25) is 11.8 Å². The zero-order valence-corrected chi connectivity index (χ0v) is 28.2. The minimum Gasteiger partial charge on any atom is -0.494 e. The molecular formula is C35H37Cl2N3O5S. The minimum atomic E-state index is -4.22. The van der Waals surface area contributed by atoms with Crippen molar-refractivity contribution >= 4 is 50.7 Å². The Morgan fingerprint density at radius 2 is 1.50 bits per heavy atom. The molecule has 1 unspecified atom stereocenters. The van der Waals surface area contributed by atoms with Crippen LogP contribution in [0.4, 0.5) is 5.69 Å². The second-order valence-electron chi connectivity index (χ2n) is 10.9. The summed E-state index contributed by atoms with van der Waals surface area (Å²) in [5.74, 6) is -0.419. The van der Waals surface area contributed by atoms with Gasteiger partial charge >= 0.3 is 0 Å². The number of carbonyl (C=O) groups excluding carboxylic acids is 2. The van der Waals surface area contributed by atoms with Crippen LogP contribution in [0.5, 0.6) is 5.75 Å². The number of anilines is 1. The van der Waals surface area contributed by atoms with E-state index in [-0.39, 0.29) is 35.5 Å². The predicted molar refractivity (Wildman–Crippen MR) is 183 cm³/mol. The van der Waals surface area contributed by atoms with Crippen molar-refractivity contribution < 1.29 is 22.7 Å². The molecule has 8 nitrogen and oxygen atoms in total. The lowest BCUT2D eigenvalue weighted by molar-refractivity contribution is -0.140. The average Bonchev–Trinajstić information content (AvgIpc) is 3.03. The van der Waals surface area contributed by atoms with Crippen molar-refractivity contribution in [2.24, 2.45) is 0 Å². The molecule has 0 radical (unpaired) electrons. The Morgan fingerprint density at radius 1 is 0.870 bits per heavy atom. The van der Waals surface area contributed by atoms with Gasteiger partial charge in [-0.2, -0.15) is 0 Å². The van der Waals surface area contributed by atoms with E-state index in [2.05, 4.69) is 5.32 Å². The second-order valence-corrected chi connectivity index (χ2v) is 13.6. The van der Waals surface area contributed by atoms with Crippen molar-refractivity contribution in [3.8, 4) is 5.75 Å². The maximum absolute atomic E-state index is 14.5. The first-order valence-electron chi connectivity index (χ1n) is 14.9. The van der Waals surface area contributed by atoms with Gasteiger partial charge in [-0.05, 0) is 80.4 Å². The van der Waals surface area contributed by atoms with Crippen molar-refractivity contribution in [2.45, 2.75) is 50.7 Å². The smallest absolute Gasteiger partial charge is 0.264 e. The molecule has 0 bridgehead atoms. The van der Waals surface area contributed by atoms with E-state index in [9.17, 15) is 18.0 Å². The van der Waals surface area contributed by atoms with Crippen LogP contribution < -0.4 is 14.4 Å². The first kappa shape index (κ1) is 34.8. The van der Waals surface area contributed by atoms with Crippen molar-refractivity contribution in [1.29, 1.82) is 0 Å². The molecule has 4 aromatic rings. The van der Waals surface area contributed by atoms with E-state index in [0.717, 1.165) is 9.87 Å². The third-order valence-corrected chi connectivity index (χ3v) is 9.48. The average molecular weight is 683 g/mol. The molecule has 1 atom stereocenters. The Morgan fingerprint density at radius 3 is 2.09 bits per heavy atom. The zero-order chi connectivity index (χ0) is 33.3. The van der Waals surface area contributed by atoms with Crippen LogP contribution in [0.15, 0.2) is 108 Å². The van der Waals surface area contributed by atoms with E-state index >= 15 is 0 Å². The van der Waals surface area contributed by atoms with Gasteiger partial charge in [-0.15, -0.1) is 0 Å². The fourth-order valence-electron chi connectivity index (χ4n) is 4.89. The van der Waals surface area contributed by atoms with E-state index in [4.69, 9.17) is 27.9 Å². The number of amides is 2. The number of hydrogen-bond acceptors (Lipinski definition) is 5. The fourth-order valence-corrected chi connectivity index (χ4v) is 6.80. The molecule has 0 aliphatic rings. The highest BCUT2D eigenvalue weighted by atomic mass is 35.5. The molecule has 11 heteroatoms. The minimum absolute atomic E-state index is 0.0161. The summed E-state index contributed by atoms with van der Waals surface area (Å²) in [6, 6.07) is 27.4. The molecule has 4 aromatic carbocycles. The van der Waals surface area contributed by atoms with Crippen LogP contribution in [0.25, 0.3) is 0 Å². The monoisotopic (exact) mass is 681 g/mol. The number of benzene rings is 4. The standard InChI is InChI=1S/C35H37Cl2N3O5S/c1-4-45-30-19-17-29(18-20-30)40(46(43,44)31-13-9-6-10-14-31)24-34(41)39(23-27-15-16-28(36)22-32(27)37)33(35(42)38-25(2)3)21-26-11-7-5-8-12-26/h5-20,22,25,33H,4,21,23-24H2,1-3H3,(H,38,42). The number of ether oxygens (including phenoxy) is 1. The Kier molecular flexibility index (Phi) is 12.1. The third kappa shape index (κ3) is 9.02. The van der Waals surface area contributed by atoms with E-state index in [0.29, 0.717) is 28.0 Å². The largest absolute Gasteiger partial charge is 0.494 e. The van der Waals surface area contributed by atoms with Gasteiger partial charge in [-0.1, -0.05) is 77.8 Å². The van der Waals surface area contributed by atoms with E-state index in [1.54, 1.807) is 60.7 Å². The van der Waals surface area contributed by atoms with Crippen molar-refractivity contribution in [2.75, 3.05) is 17.5 Å². The lowest BCUT2D eigenvalue weighted by atomic mass is 10.0. The van der Waals surface area contributed by atoms with Crippen molar-refractivity contribution in [1.82, 2.24) is 10.2 Å². The zero-order valence-electron chi connectivity index (χ0n) is 25.9. The van der Waals surface area contributed by atoms with Gasteiger partial charge in [-0.25, -0.2) is 8.42 Å². The van der Waals surface area contributed by atoms with Crippen LogP contribution in [0, 0.1) is 0 Å². The van der Waals surface area contributed by atoms with Gasteiger partial charge in [0.05, 0.1) is 17.2 Å². The molecule has 0 heterocycles. The molecule has 0 saturated heterocycles. The maximum Gasteiger partial charge on any atom is 0.264 e. The van der Waals surface area contributed by atoms with Crippen LogP contribution in [0.2, 0.25) is 10.0 Å². The lowest BCUT2D eigenvalue weighted by Crippen LogP contribution is -2.54. The number of nitrogens with zero attached hydrogens (tertiary/aromatic N) is 2. The summed E-state index contributed by atoms with van der Waals surface area (Å²) in [4.78, 5) is 29.7. The van der Waals surface area contributed by atoms with Gasteiger partial charge in [-0.3, -0.25) is 13.9 Å². The summed E-state index contributed by atoms with van der Waals surface area (Å²) in [5, 5.41) is 3.67. The molecule has 0 saturated carbocycles. The van der Waals surface area contributed by atoms with Gasteiger partial charge in [0.15, 0.2) is 0 Å². The maximum atomic E-state index is 14.5. The quantitative estimate of drug-likeness (QED) is 0.159. The summed E-state index contributed by atoms with van der Waals surface area (Å²) in [7, 11) is -4.22. The number of nitrogens with one attached hydrogen (secondary N) is 1. The third-order valence-electron chi connectivity index (χ3n) is 7.10. The second kappa shape index (κ2) is 16.0. The number of sulfonamides is 1. The predicted octanol–water partition coefficient (Wildman–Crippen LogP) is 6.75. The Hall–Kier alpha value is -4.05. The Balaban J connectivity index is 1.81. The Bertz CT molecular complexity index is 1720. The first-order chi connectivity index (χ1) is 22.0. The SMILES string of the molecule is CCOc1ccc(N(CC(=O)N(Cc2ccc(Cl)cc2Cl)C(Cc2ccccc2)C(=O)NC(C)C)S(=O)(=O)c2ccccc2)cc1. The van der Waals surface area contributed by atoms with Gasteiger partial charge < -0.3 is 15.0 Å². The topological polar surface area (TPSA) is 96.0 Å². The summed E-state index contributed by atoms with van der Waals surface area (Å²) in [6.45, 7) is 5.30. The molecule has 0 aliphatic carbocycles. The number of carbonyl (C=O) groups is 2. The van der Waals surface area contributed by atoms with Crippen molar-refractivity contribution in [3.05, 3.63) is 124 Å². The molecule has 46 heavy (non-hydrogen) atoms. The van der Waals surface area contributed by atoms with Gasteiger partial charge in [0.25, 0.3) is 10.0 Å². The molecule has 4 rings (SSSR count). The van der Waals surface area contributed by atoms with Crippen LogP contribution >= 0.6 is 23.2 Å². The normalized spacial score (nSPS) is 12.0. The highest BCUT2D eigenvalue weighted by molar-refractivity contribution is 7.92. The van der Waals surface area contributed by atoms with Crippen LogP contribution in [0.1, 0.15) is 31.9 Å². The fraction of sp³-hybridized carbons (Fsp3) is 0.257. The van der Waals surface area contributed by atoms with Crippen LogP contribution in [-0.2, 0) is 32.6 Å². The molecule has 0 fully saturated rings. The van der Waals surface area contributed by atoms with Crippen LogP contribution in [-0.4, -0.2) is 50.4 Å². The van der Waals surface area contributed by atoms with Gasteiger partial charge in [0.1, 0.15) is 18.3 Å². The first-order valence-corrected chi connectivity index (χ1v) is 17.1. The molecule has 0 aliphatic heterocycles. The van der Waals surface area contributed by atoms with Crippen molar-refractivity contribution in [3.63, 3.8) is 0 Å². The molecule has 2 amide bonds. The Labute approximate surface area is 280 Å². The van der Waals surface area contributed by atoms with E-state index in [1.807, 2.05) is 51.1 Å². The highest BCUT2D eigenvalue weighted by Gasteiger charge is 2.35. The highest BCUT2D eigenvalue weighted by Crippen LogP contribution is 2.28. The molecule has 1 N–H and O–H groups in total. The van der Waals surface area contributed by atoms with E-state index < -0.39 is 28.5 Å². The lowest BCUT2D eigenvalue weighted by Gasteiger charge is -2.34. The molecule has 0 aromatic heterocycles.